The van der Waals surface area contributed by atoms with Crippen LogP contribution in [0.2, 0.25) is 0 Å². The SMILES string of the molecule is CCCc1nc2c(n1-c1ccc(OC)cc1)CC(C)(C)C(C(=O)OC)C2=O. The quantitative estimate of drug-likeness (QED) is 0.596. The Morgan fingerprint density at radius 2 is 1.93 bits per heavy atom. The van der Waals surface area contributed by atoms with E-state index in [2.05, 4.69) is 16.5 Å². The molecule has 0 saturated carbocycles. The Labute approximate surface area is 159 Å². The van der Waals surface area contributed by atoms with Gasteiger partial charge >= 0.3 is 5.97 Å². The highest BCUT2D eigenvalue weighted by molar-refractivity contribution is 6.10. The Bertz CT molecular complexity index is 865. The molecule has 0 spiro atoms. The molecule has 2 aromatic rings. The fourth-order valence-corrected chi connectivity index (χ4v) is 3.86. The van der Waals surface area contributed by atoms with Gasteiger partial charge in [0.15, 0.2) is 5.78 Å². The first-order chi connectivity index (χ1) is 12.8. The van der Waals surface area contributed by atoms with Crippen LogP contribution < -0.4 is 4.74 Å². The molecule has 1 aliphatic rings. The second-order valence-corrected chi connectivity index (χ2v) is 7.59. The van der Waals surface area contributed by atoms with Crippen molar-refractivity contribution in [2.45, 2.75) is 40.0 Å². The van der Waals surface area contributed by atoms with Crippen molar-refractivity contribution in [1.29, 1.82) is 0 Å². The largest absolute Gasteiger partial charge is 0.497 e. The number of methoxy groups -OCH3 is 2. The highest BCUT2D eigenvalue weighted by Crippen LogP contribution is 2.41. The predicted molar refractivity (Wildman–Crippen MR) is 101 cm³/mol. The average Bonchev–Trinajstić information content (AvgIpc) is 2.99. The van der Waals surface area contributed by atoms with Crippen molar-refractivity contribution in [3.8, 4) is 11.4 Å². The van der Waals surface area contributed by atoms with Gasteiger partial charge in [0.05, 0.1) is 19.9 Å². The van der Waals surface area contributed by atoms with E-state index < -0.39 is 17.3 Å². The lowest BCUT2D eigenvalue weighted by atomic mass is 9.68. The summed E-state index contributed by atoms with van der Waals surface area (Å²) in [5, 5.41) is 0. The van der Waals surface area contributed by atoms with Gasteiger partial charge in [0.25, 0.3) is 0 Å². The normalized spacial score (nSPS) is 18.1. The Kier molecular flexibility index (Phi) is 5.09. The number of esters is 1. The number of hydrogen-bond acceptors (Lipinski definition) is 5. The highest BCUT2D eigenvalue weighted by Gasteiger charge is 2.49. The van der Waals surface area contributed by atoms with Crippen LogP contribution in [0, 0.1) is 11.3 Å². The van der Waals surface area contributed by atoms with Crippen molar-refractivity contribution in [1.82, 2.24) is 9.55 Å². The Morgan fingerprint density at radius 1 is 1.26 bits per heavy atom. The maximum absolute atomic E-state index is 13.1. The van der Waals surface area contributed by atoms with Crippen molar-refractivity contribution in [3.63, 3.8) is 0 Å². The molecule has 0 fully saturated rings. The van der Waals surface area contributed by atoms with E-state index >= 15 is 0 Å². The molecule has 1 aromatic heterocycles. The van der Waals surface area contributed by atoms with Crippen molar-refractivity contribution < 1.29 is 19.1 Å². The van der Waals surface area contributed by atoms with Crippen LogP contribution in [-0.2, 0) is 22.4 Å². The topological polar surface area (TPSA) is 70.4 Å². The first-order valence-corrected chi connectivity index (χ1v) is 9.21. The minimum absolute atomic E-state index is 0.252. The molecular formula is C21H26N2O4. The molecule has 1 aliphatic carbocycles. The summed E-state index contributed by atoms with van der Waals surface area (Å²) in [4.78, 5) is 30.1. The highest BCUT2D eigenvalue weighted by atomic mass is 16.5. The predicted octanol–water partition coefficient (Wildman–Crippen LogP) is 3.39. The summed E-state index contributed by atoms with van der Waals surface area (Å²) in [7, 11) is 2.95. The number of rotatable bonds is 5. The lowest BCUT2D eigenvalue weighted by molar-refractivity contribution is -0.147. The second kappa shape index (κ2) is 7.18. The standard InChI is InChI=1S/C21H26N2O4/c1-6-7-16-22-18-15(23(16)13-8-10-14(26-4)11-9-13)12-21(2,3)17(19(18)24)20(25)27-5/h8-11,17H,6-7,12H2,1-5H3. The molecule has 6 heteroatoms. The molecule has 0 saturated heterocycles. The minimum Gasteiger partial charge on any atom is -0.497 e. The van der Waals surface area contributed by atoms with Gasteiger partial charge in [-0.15, -0.1) is 0 Å². The van der Waals surface area contributed by atoms with Gasteiger partial charge in [0.1, 0.15) is 23.2 Å². The van der Waals surface area contributed by atoms with Crippen LogP contribution in [0.4, 0.5) is 0 Å². The molecule has 0 bridgehead atoms. The molecule has 144 valence electrons. The average molecular weight is 370 g/mol. The van der Waals surface area contributed by atoms with E-state index in [4.69, 9.17) is 9.47 Å². The van der Waals surface area contributed by atoms with Crippen molar-refractivity contribution in [3.05, 3.63) is 41.5 Å². The van der Waals surface area contributed by atoms with Gasteiger partial charge in [-0.3, -0.25) is 14.2 Å². The lowest BCUT2D eigenvalue weighted by Gasteiger charge is -2.35. The number of carbonyl (C=O) groups is 2. The van der Waals surface area contributed by atoms with E-state index in [1.54, 1.807) is 7.11 Å². The van der Waals surface area contributed by atoms with Crippen LogP contribution in [0.5, 0.6) is 5.75 Å². The fraction of sp³-hybridized carbons (Fsp3) is 0.476. The number of carbonyl (C=O) groups excluding carboxylic acids is 2. The summed E-state index contributed by atoms with van der Waals surface area (Å²) in [5.74, 6) is 0.0300. The molecule has 1 aromatic carbocycles. The number of nitrogens with zero attached hydrogens (tertiary/aromatic N) is 2. The Hall–Kier alpha value is -2.63. The summed E-state index contributed by atoms with van der Waals surface area (Å²) in [6.45, 7) is 5.94. The summed E-state index contributed by atoms with van der Waals surface area (Å²) in [6.07, 6.45) is 2.22. The molecule has 27 heavy (non-hydrogen) atoms. The van der Waals surface area contributed by atoms with E-state index in [1.807, 2.05) is 38.1 Å². The number of aryl methyl sites for hydroxylation is 1. The maximum atomic E-state index is 13.1. The molecule has 0 N–H and O–H groups in total. The van der Waals surface area contributed by atoms with Gasteiger partial charge in [-0.2, -0.15) is 0 Å². The third-order valence-electron chi connectivity index (χ3n) is 5.18. The molecule has 3 rings (SSSR count). The van der Waals surface area contributed by atoms with E-state index in [9.17, 15) is 9.59 Å². The summed E-state index contributed by atoms with van der Waals surface area (Å²) in [6, 6.07) is 7.71. The number of Topliss-reactive ketones (excluding diaryl/α,β-unsaturated/α-hetero) is 1. The number of aromatic nitrogens is 2. The number of ether oxygens (including phenoxy) is 2. The molecule has 0 radical (unpaired) electrons. The maximum Gasteiger partial charge on any atom is 0.317 e. The minimum atomic E-state index is -0.830. The third kappa shape index (κ3) is 3.24. The monoisotopic (exact) mass is 370 g/mol. The summed E-state index contributed by atoms with van der Waals surface area (Å²) < 4.78 is 12.2. The van der Waals surface area contributed by atoms with Crippen molar-refractivity contribution in [2.24, 2.45) is 11.3 Å². The molecule has 1 unspecified atom stereocenters. The number of ketones is 1. The van der Waals surface area contributed by atoms with Crippen LogP contribution in [0.25, 0.3) is 5.69 Å². The van der Waals surface area contributed by atoms with E-state index in [0.29, 0.717) is 12.1 Å². The number of fused-ring (bicyclic) bond motifs is 1. The van der Waals surface area contributed by atoms with Crippen LogP contribution in [0.15, 0.2) is 24.3 Å². The van der Waals surface area contributed by atoms with Gasteiger partial charge in [-0.1, -0.05) is 20.8 Å². The van der Waals surface area contributed by atoms with Crippen molar-refractivity contribution in [2.75, 3.05) is 14.2 Å². The zero-order valence-electron chi connectivity index (χ0n) is 16.5. The molecule has 1 heterocycles. The van der Waals surface area contributed by atoms with Gasteiger partial charge in [-0.25, -0.2) is 4.98 Å². The van der Waals surface area contributed by atoms with E-state index in [0.717, 1.165) is 35.8 Å². The van der Waals surface area contributed by atoms with Crippen molar-refractivity contribution >= 4 is 11.8 Å². The van der Waals surface area contributed by atoms with Gasteiger partial charge in [0, 0.05) is 12.1 Å². The zero-order chi connectivity index (χ0) is 19.8. The lowest BCUT2D eigenvalue weighted by Crippen LogP contribution is -2.44. The van der Waals surface area contributed by atoms with Gasteiger partial charge in [0.2, 0.25) is 0 Å². The Balaban J connectivity index is 2.17. The van der Waals surface area contributed by atoms with E-state index in [-0.39, 0.29) is 5.78 Å². The molecule has 6 nitrogen and oxygen atoms in total. The first kappa shape index (κ1) is 19.1. The summed E-state index contributed by atoms with van der Waals surface area (Å²) >= 11 is 0. The molecular weight excluding hydrogens is 344 g/mol. The smallest absolute Gasteiger partial charge is 0.317 e. The first-order valence-electron chi connectivity index (χ1n) is 9.21. The zero-order valence-corrected chi connectivity index (χ0v) is 16.5. The second-order valence-electron chi connectivity index (χ2n) is 7.59. The number of benzene rings is 1. The van der Waals surface area contributed by atoms with E-state index in [1.165, 1.54) is 7.11 Å². The van der Waals surface area contributed by atoms with Gasteiger partial charge < -0.3 is 9.47 Å². The van der Waals surface area contributed by atoms with Crippen LogP contribution in [0.3, 0.4) is 0 Å². The molecule has 0 aliphatic heterocycles. The van der Waals surface area contributed by atoms with Gasteiger partial charge in [-0.05, 0) is 42.5 Å². The number of hydrogen-bond donors (Lipinski definition) is 0. The Morgan fingerprint density at radius 3 is 2.48 bits per heavy atom. The number of imidazole rings is 1. The fourth-order valence-electron chi connectivity index (χ4n) is 3.86. The summed E-state index contributed by atoms with van der Waals surface area (Å²) in [5.41, 5.74) is 1.64. The third-order valence-corrected chi connectivity index (χ3v) is 5.18. The van der Waals surface area contributed by atoms with Crippen LogP contribution in [0.1, 0.15) is 49.2 Å². The van der Waals surface area contributed by atoms with Crippen LogP contribution >= 0.6 is 0 Å². The molecule has 1 atom stereocenters. The van der Waals surface area contributed by atoms with Crippen LogP contribution in [-0.4, -0.2) is 35.5 Å². The molecule has 0 amide bonds.